The van der Waals surface area contributed by atoms with E-state index in [0.29, 0.717) is 27.2 Å². The minimum absolute atomic E-state index is 0.245. The van der Waals surface area contributed by atoms with Gasteiger partial charge in [-0.15, -0.1) is 0 Å². The van der Waals surface area contributed by atoms with E-state index in [-0.39, 0.29) is 12.6 Å². The summed E-state index contributed by atoms with van der Waals surface area (Å²) in [4.78, 5) is 13.6. The Balaban J connectivity index is 1.97. The van der Waals surface area contributed by atoms with E-state index in [1.807, 2.05) is 0 Å². The molecule has 0 radical (unpaired) electrons. The summed E-state index contributed by atoms with van der Waals surface area (Å²) in [5.74, 6) is 1.18. The van der Waals surface area contributed by atoms with Crippen LogP contribution in [0, 0.1) is 0 Å². The molecule has 0 saturated carbocycles. The zero-order valence-corrected chi connectivity index (χ0v) is 16.2. The molecule has 140 valence electrons. The molecular weight excluding hydrogens is 379 g/mol. The molecule has 0 aliphatic carbocycles. The lowest BCUT2D eigenvalue weighted by atomic mass is 10.3. The number of carbonyl (C=O) groups is 1. The van der Waals surface area contributed by atoms with E-state index >= 15 is 0 Å². The maximum atomic E-state index is 12.2. The molecule has 8 heteroatoms. The zero-order chi connectivity index (χ0) is 19.1. The highest BCUT2D eigenvalue weighted by molar-refractivity contribution is 6.42. The van der Waals surface area contributed by atoms with Crippen LogP contribution in [0.3, 0.4) is 0 Å². The number of nitrogens with zero attached hydrogens (tertiary/aromatic N) is 1. The van der Waals surface area contributed by atoms with Crippen LogP contribution in [0.25, 0.3) is 0 Å². The number of rotatable bonds is 7. The SMILES string of the molecule is COC(CNC(=O)N(C)c1ccc(Oc2ccc(Cl)c(Cl)c2)cc1)OC. The van der Waals surface area contributed by atoms with Crippen LogP contribution in [0.1, 0.15) is 0 Å². The molecule has 0 saturated heterocycles. The van der Waals surface area contributed by atoms with Gasteiger partial charge in [0.15, 0.2) is 6.29 Å². The fraction of sp³-hybridized carbons (Fsp3) is 0.278. The Hall–Kier alpha value is -1.99. The summed E-state index contributed by atoms with van der Waals surface area (Å²) < 4.78 is 15.8. The van der Waals surface area contributed by atoms with Crippen molar-refractivity contribution in [3.63, 3.8) is 0 Å². The van der Waals surface area contributed by atoms with Gasteiger partial charge in [-0.1, -0.05) is 23.2 Å². The maximum Gasteiger partial charge on any atom is 0.321 e. The van der Waals surface area contributed by atoms with E-state index in [4.69, 9.17) is 37.4 Å². The molecule has 0 aliphatic heterocycles. The predicted molar refractivity (Wildman–Crippen MR) is 103 cm³/mol. The highest BCUT2D eigenvalue weighted by Gasteiger charge is 2.13. The lowest BCUT2D eigenvalue weighted by Gasteiger charge is -2.20. The molecule has 0 heterocycles. The van der Waals surface area contributed by atoms with Crippen molar-refractivity contribution < 1.29 is 19.0 Å². The van der Waals surface area contributed by atoms with Gasteiger partial charge in [0.2, 0.25) is 0 Å². The number of amides is 2. The van der Waals surface area contributed by atoms with E-state index < -0.39 is 6.29 Å². The fourth-order valence-corrected chi connectivity index (χ4v) is 2.37. The third kappa shape index (κ3) is 5.51. The van der Waals surface area contributed by atoms with Crippen molar-refractivity contribution in [3.8, 4) is 11.5 Å². The van der Waals surface area contributed by atoms with Crippen molar-refractivity contribution >= 4 is 34.9 Å². The van der Waals surface area contributed by atoms with E-state index in [1.54, 1.807) is 49.5 Å². The first kappa shape index (κ1) is 20.3. The largest absolute Gasteiger partial charge is 0.457 e. The van der Waals surface area contributed by atoms with Crippen LogP contribution in [0.15, 0.2) is 42.5 Å². The summed E-state index contributed by atoms with van der Waals surface area (Å²) in [6.45, 7) is 0.245. The lowest BCUT2D eigenvalue weighted by molar-refractivity contribution is -0.0970. The molecule has 2 aromatic rings. The standard InChI is InChI=1S/C18H20Cl2N2O4/c1-22(18(23)21-11-17(24-2)25-3)12-4-6-13(7-5-12)26-14-8-9-15(19)16(20)10-14/h4-10,17H,11H2,1-3H3,(H,21,23). The van der Waals surface area contributed by atoms with Crippen LogP contribution in [0.2, 0.25) is 10.0 Å². The number of urea groups is 1. The van der Waals surface area contributed by atoms with Gasteiger partial charge >= 0.3 is 6.03 Å². The van der Waals surface area contributed by atoms with Crippen molar-refractivity contribution in [2.24, 2.45) is 0 Å². The van der Waals surface area contributed by atoms with Gasteiger partial charge in [0.25, 0.3) is 0 Å². The Labute approximate surface area is 162 Å². The van der Waals surface area contributed by atoms with Crippen LogP contribution in [0.4, 0.5) is 10.5 Å². The molecule has 26 heavy (non-hydrogen) atoms. The van der Waals surface area contributed by atoms with Gasteiger partial charge in [-0.25, -0.2) is 4.79 Å². The molecule has 6 nitrogen and oxygen atoms in total. The highest BCUT2D eigenvalue weighted by Crippen LogP contribution is 2.30. The van der Waals surface area contributed by atoms with Gasteiger partial charge < -0.3 is 19.5 Å². The lowest BCUT2D eigenvalue weighted by Crippen LogP contribution is -2.41. The van der Waals surface area contributed by atoms with E-state index in [9.17, 15) is 4.79 Å². The Morgan fingerprint density at radius 1 is 1.04 bits per heavy atom. The first-order valence-corrected chi connectivity index (χ1v) is 8.50. The Kier molecular flexibility index (Phi) is 7.53. The molecule has 2 amide bonds. The molecule has 0 unspecified atom stereocenters. The summed E-state index contributed by atoms with van der Waals surface area (Å²) in [6.07, 6.45) is -0.491. The summed E-state index contributed by atoms with van der Waals surface area (Å²) in [5.41, 5.74) is 0.704. The van der Waals surface area contributed by atoms with Crippen LogP contribution in [0.5, 0.6) is 11.5 Å². The first-order chi connectivity index (χ1) is 12.4. The van der Waals surface area contributed by atoms with Crippen molar-refractivity contribution in [3.05, 3.63) is 52.5 Å². The number of hydrogen-bond donors (Lipinski definition) is 1. The Morgan fingerprint density at radius 3 is 2.23 bits per heavy atom. The number of hydrogen-bond acceptors (Lipinski definition) is 4. The minimum Gasteiger partial charge on any atom is -0.457 e. The van der Waals surface area contributed by atoms with Gasteiger partial charge in [0, 0.05) is 33.0 Å². The van der Waals surface area contributed by atoms with Crippen molar-refractivity contribution in [1.29, 1.82) is 0 Å². The van der Waals surface area contributed by atoms with Gasteiger partial charge in [-0.3, -0.25) is 4.90 Å². The molecule has 0 aromatic heterocycles. The van der Waals surface area contributed by atoms with E-state index in [2.05, 4.69) is 5.32 Å². The smallest absolute Gasteiger partial charge is 0.321 e. The molecular formula is C18H20Cl2N2O4. The predicted octanol–water partition coefficient (Wildman–Crippen LogP) is 4.55. The number of ether oxygens (including phenoxy) is 3. The number of carbonyl (C=O) groups excluding carboxylic acids is 1. The first-order valence-electron chi connectivity index (χ1n) is 7.74. The van der Waals surface area contributed by atoms with E-state index in [1.165, 1.54) is 19.1 Å². The number of nitrogens with one attached hydrogen (secondary N) is 1. The molecule has 2 rings (SSSR count). The Morgan fingerprint density at radius 2 is 1.65 bits per heavy atom. The molecule has 0 atom stereocenters. The Bertz CT molecular complexity index is 736. The van der Waals surface area contributed by atoms with Crippen LogP contribution >= 0.6 is 23.2 Å². The number of halogens is 2. The molecule has 0 aliphatic rings. The molecule has 0 bridgehead atoms. The molecule has 2 aromatic carbocycles. The average Bonchev–Trinajstić information content (AvgIpc) is 2.65. The quantitative estimate of drug-likeness (QED) is 0.694. The average molecular weight is 399 g/mol. The highest BCUT2D eigenvalue weighted by atomic mass is 35.5. The molecule has 0 spiro atoms. The van der Waals surface area contributed by atoms with Gasteiger partial charge in [0.1, 0.15) is 11.5 Å². The molecule has 0 fully saturated rings. The van der Waals surface area contributed by atoms with Gasteiger partial charge in [-0.05, 0) is 36.4 Å². The monoisotopic (exact) mass is 398 g/mol. The number of benzene rings is 2. The van der Waals surface area contributed by atoms with E-state index in [0.717, 1.165) is 0 Å². The van der Waals surface area contributed by atoms with Crippen molar-refractivity contribution in [2.75, 3.05) is 32.7 Å². The second-order valence-electron chi connectivity index (χ2n) is 5.32. The molecule has 1 N–H and O–H groups in total. The normalized spacial score (nSPS) is 10.7. The number of methoxy groups -OCH3 is 2. The summed E-state index contributed by atoms with van der Waals surface area (Å²) >= 11 is 11.9. The van der Waals surface area contributed by atoms with Crippen LogP contribution in [-0.2, 0) is 9.47 Å². The van der Waals surface area contributed by atoms with Crippen molar-refractivity contribution in [1.82, 2.24) is 5.32 Å². The summed E-state index contributed by atoms with van der Waals surface area (Å²) in [5, 5.41) is 3.61. The topological polar surface area (TPSA) is 60.0 Å². The minimum atomic E-state index is -0.491. The third-order valence-corrected chi connectivity index (χ3v) is 4.34. The second-order valence-corrected chi connectivity index (χ2v) is 6.13. The van der Waals surface area contributed by atoms with Gasteiger partial charge in [-0.2, -0.15) is 0 Å². The number of anilines is 1. The second kappa shape index (κ2) is 9.64. The summed E-state index contributed by atoms with van der Waals surface area (Å²) in [6, 6.07) is 11.8. The maximum absolute atomic E-state index is 12.2. The van der Waals surface area contributed by atoms with Gasteiger partial charge in [0.05, 0.1) is 16.6 Å². The summed E-state index contributed by atoms with van der Waals surface area (Å²) in [7, 11) is 4.69. The third-order valence-electron chi connectivity index (χ3n) is 3.60. The van der Waals surface area contributed by atoms with Crippen molar-refractivity contribution in [2.45, 2.75) is 6.29 Å². The van der Waals surface area contributed by atoms with Crippen LogP contribution < -0.4 is 15.0 Å². The fourth-order valence-electron chi connectivity index (χ4n) is 2.08. The zero-order valence-electron chi connectivity index (χ0n) is 14.7. The van der Waals surface area contributed by atoms with Crippen LogP contribution in [-0.4, -0.2) is 40.1 Å².